The molecule has 0 aliphatic carbocycles. The molecule has 2 aromatic carbocycles. The molecule has 8 nitrogen and oxygen atoms in total. The van der Waals surface area contributed by atoms with E-state index in [9.17, 15) is 18.0 Å². The van der Waals surface area contributed by atoms with Crippen LogP contribution in [0.1, 0.15) is 43.9 Å². The highest BCUT2D eigenvalue weighted by molar-refractivity contribution is 7.90. The van der Waals surface area contributed by atoms with Crippen molar-refractivity contribution >= 4 is 27.7 Å². The molecular formula is C26H38N4O4S. The predicted molar refractivity (Wildman–Crippen MR) is 140 cm³/mol. The highest BCUT2D eigenvalue weighted by atomic mass is 32.2. The van der Waals surface area contributed by atoms with Gasteiger partial charge in [-0.2, -0.15) is 12.7 Å². The van der Waals surface area contributed by atoms with E-state index in [0.29, 0.717) is 12.1 Å². The largest absolute Gasteiger partial charge is 0.352 e. The van der Waals surface area contributed by atoms with Gasteiger partial charge in [0.2, 0.25) is 11.8 Å². The molecule has 2 aromatic rings. The van der Waals surface area contributed by atoms with E-state index in [1.807, 2.05) is 77.1 Å². The zero-order chi connectivity index (χ0) is 26.3. The number of carbonyl (C=O) groups excluding carboxylic acids is 2. The Hall–Kier alpha value is -2.91. The standard InChI is InChI=1S/C26H38N4O4S/c1-8-23(26(32)27-19(2)3)29(17-22-12-10-9-11-13-22)25(31)18-30(35(33,34)28(6)7)24-16-20(4)14-15-21(24)5/h9-16,19,23H,8,17-18H2,1-7H3,(H,27,32)/t23-/m1/s1. The van der Waals surface area contributed by atoms with Crippen LogP contribution in [-0.2, 0) is 26.3 Å². The molecule has 192 valence electrons. The summed E-state index contributed by atoms with van der Waals surface area (Å²) in [6, 6.07) is 14.0. The summed E-state index contributed by atoms with van der Waals surface area (Å²) in [5.74, 6) is -0.716. The van der Waals surface area contributed by atoms with Crippen molar-refractivity contribution in [2.45, 2.75) is 59.7 Å². The molecule has 0 heterocycles. The smallest absolute Gasteiger partial charge is 0.304 e. The minimum atomic E-state index is -3.99. The van der Waals surface area contributed by atoms with Crippen LogP contribution in [0.3, 0.4) is 0 Å². The Morgan fingerprint density at radius 2 is 1.63 bits per heavy atom. The maximum atomic E-state index is 13.8. The van der Waals surface area contributed by atoms with Crippen molar-refractivity contribution < 1.29 is 18.0 Å². The summed E-state index contributed by atoms with van der Waals surface area (Å²) in [5.41, 5.74) is 2.89. The summed E-state index contributed by atoms with van der Waals surface area (Å²) in [4.78, 5) is 28.3. The van der Waals surface area contributed by atoms with E-state index in [1.54, 1.807) is 6.07 Å². The van der Waals surface area contributed by atoms with E-state index in [-0.39, 0.29) is 18.5 Å². The lowest BCUT2D eigenvalue weighted by molar-refractivity contribution is -0.140. The Morgan fingerprint density at radius 3 is 2.17 bits per heavy atom. The van der Waals surface area contributed by atoms with E-state index < -0.39 is 28.7 Å². The van der Waals surface area contributed by atoms with Crippen molar-refractivity contribution in [2.24, 2.45) is 0 Å². The Bertz CT molecular complexity index is 1120. The molecule has 1 N–H and O–H groups in total. The van der Waals surface area contributed by atoms with Gasteiger partial charge in [0.25, 0.3) is 0 Å². The molecule has 0 radical (unpaired) electrons. The number of anilines is 1. The van der Waals surface area contributed by atoms with Gasteiger partial charge in [0.1, 0.15) is 12.6 Å². The second-order valence-corrected chi connectivity index (χ2v) is 11.2. The summed E-state index contributed by atoms with van der Waals surface area (Å²) >= 11 is 0. The molecule has 0 fully saturated rings. The zero-order valence-corrected chi connectivity index (χ0v) is 22.6. The van der Waals surface area contributed by atoms with Crippen LogP contribution in [0.25, 0.3) is 0 Å². The van der Waals surface area contributed by atoms with Crippen molar-refractivity contribution in [3.05, 3.63) is 65.2 Å². The van der Waals surface area contributed by atoms with Crippen molar-refractivity contribution in [2.75, 3.05) is 24.9 Å². The first-order valence-corrected chi connectivity index (χ1v) is 13.2. The molecule has 0 saturated heterocycles. The fourth-order valence-electron chi connectivity index (χ4n) is 3.77. The Morgan fingerprint density at radius 1 is 1.00 bits per heavy atom. The number of benzene rings is 2. The van der Waals surface area contributed by atoms with E-state index in [1.165, 1.54) is 19.0 Å². The van der Waals surface area contributed by atoms with Gasteiger partial charge in [0.05, 0.1) is 5.69 Å². The Balaban J connectivity index is 2.54. The molecule has 0 aliphatic heterocycles. The van der Waals surface area contributed by atoms with Gasteiger partial charge in [-0.1, -0.05) is 49.4 Å². The first-order chi connectivity index (χ1) is 16.4. The van der Waals surface area contributed by atoms with Crippen molar-refractivity contribution in [3.63, 3.8) is 0 Å². The van der Waals surface area contributed by atoms with E-state index >= 15 is 0 Å². The van der Waals surface area contributed by atoms with Gasteiger partial charge in [-0.25, -0.2) is 4.31 Å². The number of amides is 2. The van der Waals surface area contributed by atoms with Gasteiger partial charge in [0, 0.05) is 26.7 Å². The molecular weight excluding hydrogens is 464 g/mol. The number of hydrogen-bond acceptors (Lipinski definition) is 4. The summed E-state index contributed by atoms with van der Waals surface area (Å²) in [6.07, 6.45) is 0.390. The first-order valence-electron chi connectivity index (χ1n) is 11.8. The molecule has 35 heavy (non-hydrogen) atoms. The lowest BCUT2D eigenvalue weighted by atomic mass is 10.1. The second kappa shape index (κ2) is 12.2. The normalized spacial score (nSPS) is 12.5. The maximum absolute atomic E-state index is 13.8. The van der Waals surface area contributed by atoms with E-state index in [2.05, 4.69) is 5.32 Å². The lowest BCUT2D eigenvalue weighted by Gasteiger charge is -2.34. The van der Waals surface area contributed by atoms with Crippen LogP contribution in [0.4, 0.5) is 5.69 Å². The maximum Gasteiger partial charge on any atom is 0.304 e. The summed E-state index contributed by atoms with van der Waals surface area (Å²) in [6.45, 7) is 9.00. The van der Waals surface area contributed by atoms with Gasteiger partial charge in [0.15, 0.2) is 0 Å². The van der Waals surface area contributed by atoms with E-state index in [0.717, 1.165) is 25.3 Å². The number of aryl methyl sites for hydroxylation is 2. The van der Waals surface area contributed by atoms with Crippen LogP contribution in [0, 0.1) is 13.8 Å². The molecule has 0 saturated carbocycles. The average molecular weight is 503 g/mol. The van der Waals surface area contributed by atoms with Crippen molar-refractivity contribution in [3.8, 4) is 0 Å². The Kier molecular flexibility index (Phi) is 9.85. The van der Waals surface area contributed by atoms with Crippen LogP contribution < -0.4 is 9.62 Å². The lowest BCUT2D eigenvalue weighted by Crippen LogP contribution is -2.54. The molecule has 0 spiro atoms. The van der Waals surface area contributed by atoms with Crippen LogP contribution in [-0.4, -0.2) is 62.2 Å². The third-order valence-corrected chi connectivity index (χ3v) is 7.47. The highest BCUT2D eigenvalue weighted by Crippen LogP contribution is 2.26. The zero-order valence-electron chi connectivity index (χ0n) is 21.8. The third kappa shape index (κ3) is 7.29. The van der Waals surface area contributed by atoms with Gasteiger partial charge in [-0.3, -0.25) is 9.59 Å². The highest BCUT2D eigenvalue weighted by Gasteiger charge is 2.34. The number of rotatable bonds is 11. The monoisotopic (exact) mass is 502 g/mol. The molecule has 0 bridgehead atoms. The van der Waals surface area contributed by atoms with E-state index in [4.69, 9.17) is 0 Å². The topological polar surface area (TPSA) is 90.0 Å². The first kappa shape index (κ1) is 28.3. The molecule has 9 heteroatoms. The quantitative estimate of drug-likeness (QED) is 0.511. The Labute approximate surface area is 210 Å². The molecule has 0 unspecified atom stereocenters. The van der Waals surface area contributed by atoms with Gasteiger partial charge in [-0.05, 0) is 56.9 Å². The second-order valence-electron chi connectivity index (χ2n) is 9.18. The molecule has 1 atom stereocenters. The predicted octanol–water partition coefficient (Wildman–Crippen LogP) is 3.25. The number of nitrogens with zero attached hydrogens (tertiary/aromatic N) is 3. The fourth-order valence-corrected chi connectivity index (χ4v) is 4.88. The van der Waals surface area contributed by atoms with Crippen LogP contribution >= 0.6 is 0 Å². The molecule has 0 aliphatic rings. The van der Waals surface area contributed by atoms with Gasteiger partial charge in [-0.15, -0.1) is 0 Å². The van der Waals surface area contributed by atoms with Gasteiger partial charge < -0.3 is 10.2 Å². The minimum Gasteiger partial charge on any atom is -0.352 e. The minimum absolute atomic E-state index is 0.0919. The molecule has 2 rings (SSSR count). The van der Waals surface area contributed by atoms with Crippen LogP contribution in [0.15, 0.2) is 48.5 Å². The van der Waals surface area contributed by atoms with Crippen LogP contribution in [0.5, 0.6) is 0 Å². The van der Waals surface area contributed by atoms with Crippen molar-refractivity contribution in [1.29, 1.82) is 0 Å². The summed E-state index contributed by atoms with van der Waals surface area (Å²) in [7, 11) is -1.12. The molecule has 0 aromatic heterocycles. The van der Waals surface area contributed by atoms with Crippen molar-refractivity contribution in [1.82, 2.24) is 14.5 Å². The summed E-state index contributed by atoms with van der Waals surface area (Å²) in [5, 5.41) is 2.89. The molecule has 2 amide bonds. The fraction of sp³-hybridized carbons (Fsp3) is 0.462. The number of hydrogen-bond donors (Lipinski definition) is 1. The number of carbonyl (C=O) groups is 2. The third-order valence-electron chi connectivity index (χ3n) is 5.66. The van der Waals surface area contributed by atoms with Crippen LogP contribution in [0.2, 0.25) is 0 Å². The van der Waals surface area contributed by atoms with Gasteiger partial charge >= 0.3 is 10.2 Å². The SMILES string of the molecule is CC[C@H](C(=O)NC(C)C)N(Cc1ccccc1)C(=O)CN(c1cc(C)ccc1C)S(=O)(=O)N(C)C. The summed E-state index contributed by atoms with van der Waals surface area (Å²) < 4.78 is 28.9. The average Bonchev–Trinajstić information content (AvgIpc) is 2.79. The number of nitrogens with one attached hydrogen (secondary N) is 1.